The molecule has 26 heavy (non-hydrogen) atoms. The molecule has 4 rings (SSSR count). The lowest BCUT2D eigenvalue weighted by atomic mass is 9.91. The molecule has 1 fully saturated rings. The van der Waals surface area contributed by atoms with E-state index in [9.17, 15) is 4.79 Å². The smallest absolute Gasteiger partial charge is 0.256 e. The number of rotatable bonds is 4. The molecule has 0 unspecified atom stereocenters. The van der Waals surface area contributed by atoms with Gasteiger partial charge in [0, 0.05) is 26.3 Å². The van der Waals surface area contributed by atoms with Crippen LogP contribution < -0.4 is 0 Å². The summed E-state index contributed by atoms with van der Waals surface area (Å²) in [7, 11) is 2.00. The molecule has 0 atom stereocenters. The maximum absolute atomic E-state index is 13.0. The van der Waals surface area contributed by atoms with Gasteiger partial charge in [-0.2, -0.15) is 0 Å². The molecule has 1 aromatic heterocycles. The SMILES string of the molecule is Cc1ccc(CC2CN(C(=O)c3ccn(C)c3-c3ccccc3)C2)cc1. The van der Waals surface area contributed by atoms with Gasteiger partial charge in [-0.25, -0.2) is 0 Å². The number of aryl methyl sites for hydroxylation is 2. The Bertz CT molecular complexity index is 903. The number of benzene rings is 2. The second-order valence-corrected chi connectivity index (χ2v) is 7.32. The van der Waals surface area contributed by atoms with Crippen LogP contribution in [0.3, 0.4) is 0 Å². The average Bonchev–Trinajstić information content (AvgIpc) is 3.01. The van der Waals surface area contributed by atoms with E-state index in [2.05, 4.69) is 43.3 Å². The van der Waals surface area contributed by atoms with E-state index < -0.39 is 0 Å². The lowest BCUT2D eigenvalue weighted by Crippen LogP contribution is -2.50. The first kappa shape index (κ1) is 16.6. The van der Waals surface area contributed by atoms with E-state index in [1.807, 2.05) is 47.0 Å². The molecular formula is C23H24N2O. The molecule has 2 aromatic carbocycles. The molecule has 1 aliphatic rings. The highest BCUT2D eigenvalue weighted by molar-refractivity contribution is 6.00. The number of carbonyl (C=O) groups excluding carboxylic acids is 1. The molecule has 3 aromatic rings. The van der Waals surface area contributed by atoms with Crippen LogP contribution in [0, 0.1) is 12.8 Å². The monoisotopic (exact) mass is 344 g/mol. The number of carbonyl (C=O) groups is 1. The standard InChI is InChI=1S/C23H24N2O/c1-17-8-10-18(11-9-17)14-19-15-25(16-19)23(26)21-12-13-24(2)22(21)20-6-4-3-5-7-20/h3-13,19H,14-16H2,1-2H3. The van der Waals surface area contributed by atoms with Gasteiger partial charge < -0.3 is 9.47 Å². The van der Waals surface area contributed by atoms with Gasteiger partial charge in [0.15, 0.2) is 0 Å². The number of nitrogens with zero attached hydrogens (tertiary/aromatic N) is 2. The number of hydrogen-bond donors (Lipinski definition) is 0. The molecule has 0 bridgehead atoms. The maximum Gasteiger partial charge on any atom is 0.256 e. The number of hydrogen-bond acceptors (Lipinski definition) is 1. The normalized spacial score (nSPS) is 14.3. The zero-order chi connectivity index (χ0) is 18.1. The highest BCUT2D eigenvalue weighted by Gasteiger charge is 2.32. The minimum atomic E-state index is 0.143. The van der Waals surface area contributed by atoms with Crippen LogP contribution in [0.15, 0.2) is 66.9 Å². The molecule has 1 aliphatic heterocycles. The Labute approximate surface area is 154 Å². The Hall–Kier alpha value is -2.81. The topological polar surface area (TPSA) is 25.2 Å². The minimum absolute atomic E-state index is 0.143. The van der Waals surface area contributed by atoms with E-state index in [1.165, 1.54) is 11.1 Å². The summed E-state index contributed by atoms with van der Waals surface area (Å²) in [5.74, 6) is 0.704. The van der Waals surface area contributed by atoms with Crippen LogP contribution in [0.5, 0.6) is 0 Å². The summed E-state index contributed by atoms with van der Waals surface area (Å²) in [4.78, 5) is 15.0. The van der Waals surface area contributed by atoms with Crippen molar-refractivity contribution in [1.29, 1.82) is 0 Å². The molecule has 0 radical (unpaired) electrons. The van der Waals surface area contributed by atoms with Gasteiger partial charge >= 0.3 is 0 Å². The molecule has 0 spiro atoms. The van der Waals surface area contributed by atoms with Crippen molar-refractivity contribution in [2.24, 2.45) is 13.0 Å². The van der Waals surface area contributed by atoms with Crippen LogP contribution in [0.4, 0.5) is 0 Å². The highest BCUT2D eigenvalue weighted by Crippen LogP contribution is 2.29. The van der Waals surface area contributed by atoms with E-state index in [1.54, 1.807) is 0 Å². The lowest BCUT2D eigenvalue weighted by Gasteiger charge is -2.39. The minimum Gasteiger partial charge on any atom is -0.350 e. The summed E-state index contributed by atoms with van der Waals surface area (Å²) in [6.45, 7) is 3.80. The Morgan fingerprint density at radius 1 is 1.00 bits per heavy atom. The first-order chi connectivity index (χ1) is 12.6. The molecule has 0 N–H and O–H groups in total. The van der Waals surface area contributed by atoms with Gasteiger partial charge in [0.25, 0.3) is 5.91 Å². The van der Waals surface area contributed by atoms with Gasteiger partial charge in [0.05, 0.1) is 11.3 Å². The third-order valence-electron chi connectivity index (χ3n) is 5.24. The zero-order valence-electron chi connectivity index (χ0n) is 15.4. The fourth-order valence-corrected chi connectivity index (χ4v) is 3.75. The second kappa shape index (κ2) is 6.83. The third-order valence-corrected chi connectivity index (χ3v) is 5.24. The first-order valence-corrected chi connectivity index (χ1v) is 9.17. The fourth-order valence-electron chi connectivity index (χ4n) is 3.75. The predicted octanol–water partition coefficient (Wildman–Crippen LogP) is 4.32. The fraction of sp³-hybridized carbons (Fsp3) is 0.261. The van der Waals surface area contributed by atoms with Crippen molar-refractivity contribution < 1.29 is 4.79 Å². The Morgan fingerprint density at radius 3 is 2.38 bits per heavy atom. The molecule has 3 nitrogen and oxygen atoms in total. The summed E-state index contributed by atoms with van der Waals surface area (Å²) >= 11 is 0. The van der Waals surface area contributed by atoms with Gasteiger partial charge in [-0.05, 0) is 36.5 Å². The van der Waals surface area contributed by atoms with E-state index in [0.29, 0.717) is 5.92 Å². The molecule has 1 amide bonds. The number of likely N-dealkylation sites (tertiary alicyclic amines) is 1. The van der Waals surface area contributed by atoms with Gasteiger partial charge in [-0.3, -0.25) is 4.79 Å². The summed E-state index contributed by atoms with van der Waals surface area (Å²) in [6, 6.07) is 20.8. The molecule has 0 saturated carbocycles. The number of aromatic nitrogens is 1. The second-order valence-electron chi connectivity index (χ2n) is 7.32. The predicted molar refractivity (Wildman–Crippen MR) is 105 cm³/mol. The Balaban J connectivity index is 1.45. The van der Waals surface area contributed by atoms with Crippen LogP contribution in [-0.2, 0) is 13.5 Å². The zero-order valence-corrected chi connectivity index (χ0v) is 15.4. The first-order valence-electron chi connectivity index (χ1n) is 9.17. The average molecular weight is 344 g/mol. The summed E-state index contributed by atoms with van der Waals surface area (Å²) in [6.07, 6.45) is 3.02. The van der Waals surface area contributed by atoms with Crippen molar-refractivity contribution in [1.82, 2.24) is 9.47 Å². The molecule has 0 aliphatic carbocycles. The highest BCUT2D eigenvalue weighted by atomic mass is 16.2. The number of amides is 1. The van der Waals surface area contributed by atoms with Crippen LogP contribution >= 0.6 is 0 Å². The summed E-state index contributed by atoms with van der Waals surface area (Å²) in [5, 5.41) is 0. The Morgan fingerprint density at radius 2 is 1.69 bits per heavy atom. The third kappa shape index (κ3) is 3.17. The van der Waals surface area contributed by atoms with Crippen LogP contribution in [-0.4, -0.2) is 28.5 Å². The van der Waals surface area contributed by atoms with Crippen LogP contribution in [0.2, 0.25) is 0 Å². The van der Waals surface area contributed by atoms with E-state index in [-0.39, 0.29) is 5.91 Å². The molecule has 132 valence electrons. The van der Waals surface area contributed by atoms with Crippen molar-refractivity contribution in [3.05, 3.63) is 83.6 Å². The van der Waals surface area contributed by atoms with Crippen molar-refractivity contribution >= 4 is 5.91 Å². The lowest BCUT2D eigenvalue weighted by molar-refractivity contribution is 0.0502. The van der Waals surface area contributed by atoms with Crippen molar-refractivity contribution in [3.8, 4) is 11.3 Å². The van der Waals surface area contributed by atoms with Crippen LogP contribution in [0.1, 0.15) is 21.5 Å². The largest absolute Gasteiger partial charge is 0.350 e. The van der Waals surface area contributed by atoms with E-state index >= 15 is 0 Å². The maximum atomic E-state index is 13.0. The van der Waals surface area contributed by atoms with Gasteiger partial charge in [0.1, 0.15) is 0 Å². The van der Waals surface area contributed by atoms with E-state index in [4.69, 9.17) is 0 Å². The molecular weight excluding hydrogens is 320 g/mol. The summed E-state index contributed by atoms with van der Waals surface area (Å²) < 4.78 is 2.03. The van der Waals surface area contributed by atoms with Crippen molar-refractivity contribution in [2.75, 3.05) is 13.1 Å². The van der Waals surface area contributed by atoms with Crippen LogP contribution in [0.25, 0.3) is 11.3 Å². The van der Waals surface area contributed by atoms with Gasteiger partial charge in [-0.1, -0.05) is 60.2 Å². The Kier molecular flexibility index (Phi) is 4.37. The molecule has 3 heteroatoms. The van der Waals surface area contributed by atoms with Gasteiger partial charge in [0.2, 0.25) is 0 Å². The summed E-state index contributed by atoms with van der Waals surface area (Å²) in [5.41, 5.74) is 5.53. The quantitative estimate of drug-likeness (QED) is 0.692. The van der Waals surface area contributed by atoms with Gasteiger partial charge in [-0.15, -0.1) is 0 Å². The van der Waals surface area contributed by atoms with Crippen molar-refractivity contribution in [2.45, 2.75) is 13.3 Å². The van der Waals surface area contributed by atoms with Crippen molar-refractivity contribution in [3.63, 3.8) is 0 Å². The molecule has 2 heterocycles. The van der Waals surface area contributed by atoms with E-state index in [0.717, 1.165) is 36.3 Å². The molecule has 1 saturated heterocycles.